The van der Waals surface area contributed by atoms with Gasteiger partial charge in [0.15, 0.2) is 4.98 Å². The molecule has 0 heterocycles. The molecular weight excluding hydrogens is 241 g/mol. The summed E-state index contributed by atoms with van der Waals surface area (Å²) in [6.07, 6.45) is 0. The van der Waals surface area contributed by atoms with Crippen LogP contribution in [0.15, 0.2) is 18.2 Å². The Morgan fingerprint density at radius 2 is 1.60 bits per heavy atom. The standard InChI is InChI=1S/C6H3ClFN2.BF4/c7-4-1-5(8)3-6(2-4)10-9;2-1(3,4)5/h1-3H;/q+1;-1. The van der Waals surface area contributed by atoms with Crippen LogP contribution in [0.3, 0.4) is 0 Å². The molecule has 0 aliphatic carbocycles. The zero-order valence-corrected chi connectivity index (χ0v) is 7.73. The fourth-order valence-electron chi connectivity index (χ4n) is 0.597. The van der Waals surface area contributed by atoms with Crippen molar-refractivity contribution in [1.82, 2.24) is 0 Å². The maximum absolute atomic E-state index is 12.4. The predicted octanol–water partition coefficient (Wildman–Crippen LogP) is 4.26. The molecule has 0 saturated carbocycles. The van der Waals surface area contributed by atoms with Crippen molar-refractivity contribution in [2.45, 2.75) is 0 Å². The van der Waals surface area contributed by atoms with E-state index in [2.05, 4.69) is 4.98 Å². The highest BCUT2D eigenvalue weighted by Crippen LogP contribution is 2.19. The van der Waals surface area contributed by atoms with Crippen LogP contribution in [0.4, 0.5) is 27.3 Å². The molecule has 0 bridgehead atoms. The van der Waals surface area contributed by atoms with E-state index in [1.54, 1.807) is 0 Å². The average Bonchev–Trinajstić information content (AvgIpc) is 1.99. The highest BCUT2D eigenvalue weighted by molar-refractivity contribution is 6.50. The van der Waals surface area contributed by atoms with Crippen molar-refractivity contribution in [2.24, 2.45) is 0 Å². The minimum atomic E-state index is -6.00. The number of benzene rings is 1. The van der Waals surface area contributed by atoms with Crippen LogP contribution in [0.5, 0.6) is 0 Å². The highest BCUT2D eigenvalue weighted by atomic mass is 35.5. The molecule has 0 spiro atoms. The van der Waals surface area contributed by atoms with Crippen molar-refractivity contribution in [3.8, 4) is 0 Å². The number of hydrogen-bond acceptors (Lipinski definition) is 1. The minimum Gasteiger partial charge on any atom is -0.418 e. The molecule has 0 aliphatic rings. The van der Waals surface area contributed by atoms with Gasteiger partial charge in [-0.3, -0.25) is 0 Å². The van der Waals surface area contributed by atoms with Gasteiger partial charge in [-0.25, -0.2) is 4.39 Å². The molecule has 0 amide bonds. The Morgan fingerprint density at radius 1 is 1.13 bits per heavy atom. The van der Waals surface area contributed by atoms with Gasteiger partial charge in [-0.1, -0.05) is 11.6 Å². The van der Waals surface area contributed by atoms with Crippen LogP contribution < -0.4 is 0 Å². The number of rotatable bonds is 0. The SMILES string of the molecule is F[B-](F)(F)F.N#[N+]c1cc(F)cc(Cl)c1. The quantitative estimate of drug-likeness (QED) is 0.380. The van der Waals surface area contributed by atoms with Gasteiger partial charge >= 0.3 is 12.9 Å². The van der Waals surface area contributed by atoms with E-state index < -0.39 is 13.1 Å². The number of hydrogen-bond donors (Lipinski definition) is 0. The van der Waals surface area contributed by atoms with E-state index in [1.807, 2.05) is 0 Å². The van der Waals surface area contributed by atoms with Crippen molar-refractivity contribution in [3.05, 3.63) is 34.0 Å². The average molecular weight is 244 g/mol. The van der Waals surface area contributed by atoms with Crippen molar-refractivity contribution < 1.29 is 21.7 Å². The van der Waals surface area contributed by atoms with Crippen LogP contribution in [0, 0.1) is 11.2 Å². The lowest BCUT2D eigenvalue weighted by atomic mass is 10.3. The molecule has 1 aromatic carbocycles. The van der Waals surface area contributed by atoms with Crippen molar-refractivity contribution >= 4 is 24.5 Å². The van der Waals surface area contributed by atoms with E-state index >= 15 is 0 Å². The number of nitrogens with zero attached hydrogens (tertiary/aromatic N) is 2. The van der Waals surface area contributed by atoms with Gasteiger partial charge in [-0.15, -0.1) is 0 Å². The normalized spacial score (nSPS) is 9.93. The van der Waals surface area contributed by atoms with E-state index in [-0.39, 0.29) is 10.7 Å². The summed E-state index contributed by atoms with van der Waals surface area (Å²) in [6.45, 7) is 0. The van der Waals surface area contributed by atoms with Crippen LogP contribution in [-0.2, 0) is 0 Å². The van der Waals surface area contributed by atoms with E-state index in [1.165, 1.54) is 6.07 Å². The molecule has 1 aromatic rings. The monoisotopic (exact) mass is 244 g/mol. The Balaban J connectivity index is 0.000000336. The van der Waals surface area contributed by atoms with Crippen molar-refractivity contribution in [3.63, 3.8) is 0 Å². The molecule has 15 heavy (non-hydrogen) atoms. The summed E-state index contributed by atoms with van der Waals surface area (Å²) in [4.78, 5) is 2.77. The summed E-state index contributed by atoms with van der Waals surface area (Å²) in [5.74, 6) is -0.514. The molecular formula is C6H3BClF5N2. The number of diazo groups is 1. The fraction of sp³-hybridized carbons (Fsp3) is 0. The molecule has 0 aliphatic heterocycles. The number of halogens is 6. The molecule has 0 saturated heterocycles. The molecule has 2 nitrogen and oxygen atoms in total. The van der Waals surface area contributed by atoms with E-state index in [0.717, 1.165) is 12.1 Å². The molecule has 0 atom stereocenters. The van der Waals surface area contributed by atoms with Gasteiger partial charge < -0.3 is 17.3 Å². The lowest BCUT2D eigenvalue weighted by Crippen LogP contribution is -2.02. The Bertz CT molecular complexity index is 349. The Morgan fingerprint density at radius 3 is 1.93 bits per heavy atom. The second-order valence-corrected chi connectivity index (χ2v) is 2.66. The molecule has 0 aromatic heterocycles. The van der Waals surface area contributed by atoms with Crippen molar-refractivity contribution in [1.29, 1.82) is 5.39 Å². The van der Waals surface area contributed by atoms with Gasteiger partial charge in [0.1, 0.15) is 5.82 Å². The maximum atomic E-state index is 12.4. The summed E-state index contributed by atoms with van der Waals surface area (Å²) in [5, 5.41) is 8.40. The summed E-state index contributed by atoms with van der Waals surface area (Å²) < 4.78 is 51.4. The van der Waals surface area contributed by atoms with E-state index in [0.29, 0.717) is 0 Å². The fourth-order valence-corrected chi connectivity index (χ4v) is 0.813. The molecule has 82 valence electrons. The van der Waals surface area contributed by atoms with Gasteiger partial charge in [0.2, 0.25) is 5.39 Å². The molecule has 9 heteroatoms. The molecule has 0 N–H and O–H groups in total. The van der Waals surface area contributed by atoms with Gasteiger partial charge in [0.25, 0.3) is 0 Å². The predicted molar refractivity (Wildman–Crippen MR) is 46.3 cm³/mol. The first-order valence-corrected chi connectivity index (χ1v) is 3.78. The zero-order chi connectivity index (χ0) is 12.1. The lowest BCUT2D eigenvalue weighted by molar-refractivity contribution is 0.368. The lowest BCUT2D eigenvalue weighted by Gasteiger charge is -1.94. The van der Waals surface area contributed by atoms with Crippen LogP contribution in [0.1, 0.15) is 0 Å². The van der Waals surface area contributed by atoms with Gasteiger partial charge in [0.05, 0.1) is 17.2 Å². The third-order valence-corrected chi connectivity index (χ3v) is 1.18. The van der Waals surface area contributed by atoms with E-state index in [9.17, 15) is 21.7 Å². The summed E-state index contributed by atoms with van der Waals surface area (Å²) in [7, 11) is -6.00. The Kier molecular flexibility index (Phi) is 5.01. The first-order chi connectivity index (χ1) is 6.72. The largest absolute Gasteiger partial charge is 0.673 e. The van der Waals surface area contributed by atoms with E-state index in [4.69, 9.17) is 17.0 Å². The third-order valence-electron chi connectivity index (χ3n) is 0.963. The second kappa shape index (κ2) is 5.51. The second-order valence-electron chi connectivity index (χ2n) is 2.22. The molecule has 0 unspecified atom stereocenters. The summed E-state index contributed by atoms with van der Waals surface area (Å²) in [6, 6.07) is 3.56. The smallest absolute Gasteiger partial charge is 0.418 e. The zero-order valence-electron chi connectivity index (χ0n) is 6.97. The molecule has 0 radical (unpaired) electrons. The Hall–Kier alpha value is -1.36. The van der Waals surface area contributed by atoms with Crippen LogP contribution in [-0.4, -0.2) is 7.25 Å². The van der Waals surface area contributed by atoms with Crippen LogP contribution in [0.25, 0.3) is 4.98 Å². The minimum absolute atomic E-state index is 0.116. The first kappa shape index (κ1) is 13.6. The Labute approximate surface area is 86.4 Å². The van der Waals surface area contributed by atoms with Crippen LogP contribution >= 0.6 is 11.6 Å². The summed E-state index contributed by atoms with van der Waals surface area (Å²) in [5.41, 5.74) is 0.116. The van der Waals surface area contributed by atoms with Crippen molar-refractivity contribution in [2.75, 3.05) is 0 Å². The highest BCUT2D eigenvalue weighted by Gasteiger charge is 2.20. The molecule has 1 rings (SSSR count). The topological polar surface area (TPSA) is 28.1 Å². The first-order valence-electron chi connectivity index (χ1n) is 3.41. The van der Waals surface area contributed by atoms with Gasteiger partial charge in [-0.05, 0) is 6.07 Å². The van der Waals surface area contributed by atoms with Crippen LogP contribution in [0.2, 0.25) is 5.02 Å². The van der Waals surface area contributed by atoms with Gasteiger partial charge in [0, 0.05) is 0 Å². The van der Waals surface area contributed by atoms with Gasteiger partial charge in [-0.2, -0.15) is 0 Å². The maximum Gasteiger partial charge on any atom is 0.673 e. The summed E-state index contributed by atoms with van der Waals surface area (Å²) >= 11 is 5.42. The third kappa shape index (κ3) is 8.96. The molecule has 0 fully saturated rings.